The van der Waals surface area contributed by atoms with Gasteiger partial charge in [0.05, 0.1) is 25.4 Å². The highest BCUT2D eigenvalue weighted by Crippen LogP contribution is 2.27. The third kappa shape index (κ3) is 7.20. The maximum absolute atomic E-state index is 13.5. The zero-order chi connectivity index (χ0) is 27.9. The molecule has 0 bridgehead atoms. The van der Waals surface area contributed by atoms with E-state index in [9.17, 15) is 18.8 Å². The molecule has 1 aliphatic heterocycles. The maximum Gasteiger partial charge on any atom is 0.328 e. The number of nitrogens with one attached hydrogen (secondary N) is 1. The Labute approximate surface area is 229 Å². The molecule has 1 fully saturated rings. The van der Waals surface area contributed by atoms with Crippen LogP contribution in [0.3, 0.4) is 0 Å². The smallest absolute Gasteiger partial charge is 0.328 e. The zero-order valence-corrected chi connectivity index (χ0v) is 22.2. The standard InChI is InChI=1S/C27H27ClFN5O5/c1-17-21(39-24-12-9-20(29)15-30-24)10-11-22(31-17)32-23-14-25(35)33(13-3-4-26(36)38-2)27(37)34(23)16-18-5-7-19(28)8-6-18/h5-12,15,23H,3-4,13-14,16H2,1-2H3,(H,31,32). The lowest BCUT2D eigenvalue weighted by Crippen LogP contribution is -2.59. The SMILES string of the molecule is COC(=O)CCCN1C(=O)CC(Nc2ccc(Oc3ccc(F)cn3)c(C)n2)N(Cc2ccc(Cl)cc2)C1=O. The first-order chi connectivity index (χ1) is 18.7. The molecule has 39 heavy (non-hydrogen) atoms. The molecule has 1 unspecified atom stereocenters. The van der Waals surface area contributed by atoms with Crippen LogP contribution in [0.15, 0.2) is 54.7 Å². The van der Waals surface area contributed by atoms with Gasteiger partial charge in [0.15, 0.2) is 5.75 Å². The van der Waals surface area contributed by atoms with Crippen LogP contribution < -0.4 is 10.1 Å². The number of aryl methyl sites for hydroxylation is 1. The second-order valence-electron chi connectivity index (χ2n) is 8.82. The number of benzene rings is 1. The van der Waals surface area contributed by atoms with Crippen molar-refractivity contribution in [1.82, 2.24) is 19.8 Å². The van der Waals surface area contributed by atoms with Gasteiger partial charge in [-0.15, -0.1) is 0 Å². The van der Waals surface area contributed by atoms with E-state index in [1.54, 1.807) is 36.1 Å². The van der Waals surface area contributed by atoms with Crippen molar-refractivity contribution in [3.05, 3.63) is 76.8 Å². The summed E-state index contributed by atoms with van der Waals surface area (Å²) in [5.74, 6) is -0.184. The highest BCUT2D eigenvalue weighted by atomic mass is 35.5. The molecule has 3 aromatic rings. The fourth-order valence-electron chi connectivity index (χ4n) is 4.02. The largest absolute Gasteiger partial charge is 0.469 e. The van der Waals surface area contributed by atoms with E-state index >= 15 is 0 Å². The number of carbonyl (C=O) groups excluding carboxylic acids is 3. The van der Waals surface area contributed by atoms with Crippen LogP contribution in [0.4, 0.5) is 15.0 Å². The Bertz CT molecular complexity index is 1340. The van der Waals surface area contributed by atoms with Gasteiger partial charge < -0.3 is 14.8 Å². The predicted molar refractivity (Wildman–Crippen MR) is 141 cm³/mol. The molecule has 10 nitrogen and oxygen atoms in total. The van der Waals surface area contributed by atoms with Crippen LogP contribution in [0.5, 0.6) is 11.6 Å². The van der Waals surface area contributed by atoms with Gasteiger partial charge in [-0.3, -0.25) is 19.4 Å². The average Bonchev–Trinajstić information content (AvgIpc) is 2.92. The molecule has 12 heteroatoms. The number of carbonyl (C=O) groups is 3. The average molecular weight is 556 g/mol. The van der Waals surface area contributed by atoms with Gasteiger partial charge in [0.25, 0.3) is 0 Å². The normalized spacial score (nSPS) is 15.3. The third-order valence-electron chi connectivity index (χ3n) is 6.04. The third-order valence-corrected chi connectivity index (χ3v) is 6.30. The molecule has 3 amide bonds. The number of esters is 1. The predicted octanol–water partition coefficient (Wildman–Crippen LogP) is 4.92. The van der Waals surface area contributed by atoms with Gasteiger partial charge in [-0.2, -0.15) is 0 Å². The van der Waals surface area contributed by atoms with Crippen molar-refractivity contribution in [3.8, 4) is 11.6 Å². The fraction of sp³-hybridized carbons (Fsp3) is 0.296. The quantitative estimate of drug-likeness (QED) is 0.351. The molecule has 0 saturated carbocycles. The summed E-state index contributed by atoms with van der Waals surface area (Å²) >= 11 is 6.02. The number of nitrogens with zero attached hydrogens (tertiary/aromatic N) is 4. The zero-order valence-electron chi connectivity index (χ0n) is 21.4. The topological polar surface area (TPSA) is 114 Å². The second-order valence-corrected chi connectivity index (χ2v) is 9.26. The molecule has 1 atom stereocenters. The molecule has 1 aromatic carbocycles. The number of pyridine rings is 2. The Morgan fingerprint density at radius 1 is 1.15 bits per heavy atom. The first-order valence-electron chi connectivity index (χ1n) is 12.2. The maximum atomic E-state index is 13.5. The number of hydrogen-bond acceptors (Lipinski definition) is 8. The number of ether oxygens (including phenoxy) is 2. The number of aromatic nitrogens is 2. The van der Waals surface area contributed by atoms with Crippen LogP contribution in [-0.4, -0.2) is 57.5 Å². The van der Waals surface area contributed by atoms with E-state index in [0.29, 0.717) is 28.7 Å². The number of amides is 3. The first-order valence-corrected chi connectivity index (χ1v) is 12.6. The molecular weight excluding hydrogens is 529 g/mol. The van der Waals surface area contributed by atoms with Crippen molar-refractivity contribution in [2.24, 2.45) is 0 Å². The molecule has 0 spiro atoms. The minimum atomic E-state index is -0.685. The molecule has 1 aliphatic rings. The molecule has 1 N–H and O–H groups in total. The Morgan fingerprint density at radius 2 is 1.92 bits per heavy atom. The fourth-order valence-corrected chi connectivity index (χ4v) is 4.15. The number of halogens is 2. The van der Waals surface area contributed by atoms with Crippen LogP contribution in [-0.2, 0) is 20.9 Å². The van der Waals surface area contributed by atoms with Crippen molar-refractivity contribution >= 4 is 35.3 Å². The van der Waals surface area contributed by atoms with Crippen molar-refractivity contribution in [2.75, 3.05) is 19.0 Å². The minimum absolute atomic E-state index is 0.00394. The van der Waals surface area contributed by atoms with E-state index in [4.69, 9.17) is 16.3 Å². The molecule has 0 aliphatic carbocycles. The molecule has 2 aromatic heterocycles. The highest BCUT2D eigenvalue weighted by Gasteiger charge is 2.38. The van der Waals surface area contributed by atoms with E-state index in [0.717, 1.165) is 16.7 Å². The number of urea groups is 1. The van der Waals surface area contributed by atoms with Gasteiger partial charge in [-0.1, -0.05) is 23.7 Å². The van der Waals surface area contributed by atoms with Gasteiger partial charge in [-0.05, 0) is 49.2 Å². The minimum Gasteiger partial charge on any atom is -0.469 e. The van der Waals surface area contributed by atoms with Crippen LogP contribution >= 0.6 is 11.6 Å². The highest BCUT2D eigenvalue weighted by molar-refractivity contribution is 6.30. The Hall–Kier alpha value is -4.25. The lowest BCUT2D eigenvalue weighted by molar-refractivity contribution is -0.141. The molecule has 3 heterocycles. The Kier molecular flexibility index (Phi) is 8.92. The van der Waals surface area contributed by atoms with E-state index in [2.05, 4.69) is 20.0 Å². The van der Waals surface area contributed by atoms with Crippen LogP contribution in [0.25, 0.3) is 0 Å². The number of hydrogen-bond donors (Lipinski definition) is 1. The second kappa shape index (κ2) is 12.5. The summed E-state index contributed by atoms with van der Waals surface area (Å²) in [6.45, 7) is 2.04. The summed E-state index contributed by atoms with van der Waals surface area (Å²) in [7, 11) is 1.29. The summed E-state index contributed by atoms with van der Waals surface area (Å²) in [4.78, 5) is 49.0. The van der Waals surface area contributed by atoms with Crippen molar-refractivity contribution in [3.63, 3.8) is 0 Å². The Balaban J connectivity index is 1.51. The van der Waals surface area contributed by atoms with Crippen LogP contribution in [0.1, 0.15) is 30.5 Å². The van der Waals surface area contributed by atoms with Crippen LogP contribution in [0, 0.1) is 12.7 Å². The van der Waals surface area contributed by atoms with Gasteiger partial charge in [0, 0.05) is 30.6 Å². The Morgan fingerprint density at radius 3 is 2.59 bits per heavy atom. The molecule has 1 saturated heterocycles. The summed E-state index contributed by atoms with van der Waals surface area (Å²) in [6.07, 6.45) is 0.754. The summed E-state index contributed by atoms with van der Waals surface area (Å²) < 4.78 is 23.5. The molecular formula is C27H27ClFN5O5. The lowest BCUT2D eigenvalue weighted by Gasteiger charge is -2.40. The first kappa shape index (κ1) is 27.8. The van der Waals surface area contributed by atoms with E-state index in [1.807, 2.05) is 12.1 Å². The summed E-state index contributed by atoms with van der Waals surface area (Å²) in [6, 6.07) is 12.6. The number of methoxy groups -OCH3 is 1. The number of rotatable bonds is 10. The monoisotopic (exact) mass is 555 g/mol. The van der Waals surface area contributed by atoms with E-state index in [-0.39, 0.29) is 37.7 Å². The summed E-state index contributed by atoms with van der Waals surface area (Å²) in [5, 5.41) is 3.76. The van der Waals surface area contributed by atoms with E-state index in [1.165, 1.54) is 19.2 Å². The molecule has 0 radical (unpaired) electrons. The van der Waals surface area contributed by atoms with Crippen molar-refractivity contribution in [1.29, 1.82) is 0 Å². The summed E-state index contributed by atoms with van der Waals surface area (Å²) in [5.41, 5.74) is 1.34. The van der Waals surface area contributed by atoms with Gasteiger partial charge in [0.2, 0.25) is 11.8 Å². The van der Waals surface area contributed by atoms with Gasteiger partial charge >= 0.3 is 12.0 Å². The van der Waals surface area contributed by atoms with Gasteiger partial charge in [0.1, 0.15) is 17.8 Å². The number of imide groups is 1. The molecule has 204 valence electrons. The lowest BCUT2D eigenvalue weighted by atomic mass is 10.1. The van der Waals surface area contributed by atoms with Gasteiger partial charge in [-0.25, -0.2) is 19.2 Å². The van der Waals surface area contributed by atoms with E-state index < -0.39 is 24.0 Å². The van der Waals surface area contributed by atoms with Crippen molar-refractivity contribution in [2.45, 2.75) is 38.9 Å². The number of anilines is 1. The van der Waals surface area contributed by atoms with Crippen molar-refractivity contribution < 1.29 is 28.2 Å². The van der Waals surface area contributed by atoms with Crippen LogP contribution in [0.2, 0.25) is 5.02 Å². The molecule has 4 rings (SSSR count).